The first kappa shape index (κ1) is 17.7. The molecule has 4 nitrogen and oxygen atoms in total. The molecule has 0 fully saturated rings. The topological polar surface area (TPSA) is 46.9 Å². The molecule has 134 valence electrons. The first-order valence-corrected chi connectivity index (χ1v) is 7.93. The molecule has 0 saturated heterocycles. The Bertz CT molecular complexity index is 872. The summed E-state index contributed by atoms with van der Waals surface area (Å²) in [5, 5.41) is 6.66. The van der Waals surface area contributed by atoms with Crippen molar-refractivity contribution in [3.8, 4) is 0 Å². The zero-order valence-electron chi connectivity index (χ0n) is 13.7. The highest BCUT2D eigenvalue weighted by Gasteiger charge is 2.34. The van der Waals surface area contributed by atoms with Crippen LogP contribution >= 0.6 is 0 Å². The minimum atomic E-state index is -4.57. The smallest absolute Gasteiger partial charge is 0.348 e. The first-order chi connectivity index (χ1) is 12.4. The van der Waals surface area contributed by atoms with E-state index in [1.807, 2.05) is 36.5 Å². The van der Waals surface area contributed by atoms with Gasteiger partial charge in [0.25, 0.3) is 5.91 Å². The molecule has 0 bridgehead atoms. The van der Waals surface area contributed by atoms with Gasteiger partial charge in [-0.2, -0.15) is 18.3 Å². The Morgan fingerprint density at radius 2 is 1.69 bits per heavy atom. The van der Waals surface area contributed by atoms with Gasteiger partial charge in [0.15, 0.2) is 0 Å². The third kappa shape index (κ3) is 4.30. The van der Waals surface area contributed by atoms with Gasteiger partial charge in [0, 0.05) is 18.9 Å². The zero-order chi connectivity index (χ0) is 18.6. The maximum atomic E-state index is 13.0. The van der Waals surface area contributed by atoms with Gasteiger partial charge in [0.05, 0.1) is 17.7 Å². The van der Waals surface area contributed by atoms with E-state index in [1.165, 1.54) is 18.2 Å². The lowest BCUT2D eigenvalue weighted by atomic mass is 10.1. The minimum absolute atomic E-state index is 0.146. The van der Waals surface area contributed by atoms with E-state index >= 15 is 0 Å². The average Bonchev–Trinajstić information content (AvgIpc) is 3.13. The normalized spacial score (nSPS) is 11.3. The van der Waals surface area contributed by atoms with E-state index in [1.54, 1.807) is 10.9 Å². The molecule has 1 N–H and O–H groups in total. The number of nitrogens with zero attached hydrogens (tertiary/aromatic N) is 2. The average molecular weight is 359 g/mol. The molecule has 0 saturated carbocycles. The number of aromatic nitrogens is 2. The van der Waals surface area contributed by atoms with Crippen molar-refractivity contribution < 1.29 is 18.0 Å². The summed E-state index contributed by atoms with van der Waals surface area (Å²) in [6, 6.07) is 14.0. The molecule has 0 atom stereocenters. The Morgan fingerprint density at radius 1 is 1.00 bits per heavy atom. The third-order valence-corrected chi connectivity index (χ3v) is 3.86. The summed E-state index contributed by atoms with van der Waals surface area (Å²) in [7, 11) is 0. The van der Waals surface area contributed by atoms with E-state index in [9.17, 15) is 18.0 Å². The van der Waals surface area contributed by atoms with Crippen LogP contribution in [0.2, 0.25) is 0 Å². The first-order valence-electron chi connectivity index (χ1n) is 7.93. The molecule has 0 aliphatic rings. The summed E-state index contributed by atoms with van der Waals surface area (Å²) in [5.41, 5.74) is 0.514. The molecule has 0 radical (unpaired) electrons. The highest BCUT2D eigenvalue weighted by Crippen LogP contribution is 2.31. The van der Waals surface area contributed by atoms with Crippen molar-refractivity contribution in [1.82, 2.24) is 15.1 Å². The number of carbonyl (C=O) groups excluding carboxylic acids is 1. The Balaban J connectivity index is 1.63. The van der Waals surface area contributed by atoms with E-state index in [-0.39, 0.29) is 12.1 Å². The molecule has 1 amide bonds. The number of hydrogen-bond acceptors (Lipinski definition) is 2. The number of rotatable bonds is 5. The number of carbonyl (C=O) groups is 1. The summed E-state index contributed by atoms with van der Waals surface area (Å²) in [6.07, 6.45) is -1.02. The van der Waals surface area contributed by atoms with Crippen molar-refractivity contribution in [3.63, 3.8) is 0 Å². The van der Waals surface area contributed by atoms with Gasteiger partial charge in [-0.1, -0.05) is 36.4 Å². The fourth-order valence-corrected chi connectivity index (χ4v) is 2.55. The number of benzene rings is 2. The summed E-state index contributed by atoms with van der Waals surface area (Å²) < 4.78 is 40.7. The van der Waals surface area contributed by atoms with E-state index in [0.29, 0.717) is 6.54 Å². The molecule has 3 rings (SSSR count). The van der Waals surface area contributed by atoms with Crippen molar-refractivity contribution in [2.24, 2.45) is 0 Å². The molecule has 0 aliphatic carbocycles. The Hall–Kier alpha value is -3.09. The van der Waals surface area contributed by atoms with Crippen LogP contribution in [0.1, 0.15) is 27.0 Å². The van der Waals surface area contributed by atoms with Crippen molar-refractivity contribution in [2.75, 3.05) is 0 Å². The lowest BCUT2D eigenvalue weighted by Crippen LogP contribution is -2.25. The van der Waals surface area contributed by atoms with Gasteiger partial charge >= 0.3 is 6.18 Å². The lowest BCUT2D eigenvalue weighted by molar-refractivity contribution is -0.137. The van der Waals surface area contributed by atoms with Crippen LogP contribution in [-0.4, -0.2) is 15.7 Å². The second-order valence-corrected chi connectivity index (χ2v) is 5.75. The molecule has 0 unspecified atom stereocenters. The van der Waals surface area contributed by atoms with Crippen LogP contribution in [0, 0.1) is 0 Å². The van der Waals surface area contributed by atoms with Crippen LogP contribution in [0.15, 0.2) is 67.0 Å². The van der Waals surface area contributed by atoms with Gasteiger partial charge in [-0.25, -0.2) is 0 Å². The Labute approximate surface area is 148 Å². The molecule has 3 aromatic rings. The molecule has 1 aromatic heterocycles. The molecule has 1 heterocycles. The quantitative estimate of drug-likeness (QED) is 0.752. The predicted octanol–water partition coefficient (Wildman–Crippen LogP) is 3.88. The van der Waals surface area contributed by atoms with Gasteiger partial charge in [-0.3, -0.25) is 9.48 Å². The van der Waals surface area contributed by atoms with Crippen molar-refractivity contribution >= 4 is 5.91 Å². The molecular formula is C19H16F3N3O. The highest BCUT2D eigenvalue weighted by molar-refractivity contribution is 5.95. The van der Waals surface area contributed by atoms with E-state index < -0.39 is 17.6 Å². The van der Waals surface area contributed by atoms with Crippen LogP contribution < -0.4 is 5.32 Å². The largest absolute Gasteiger partial charge is 0.417 e. The predicted molar refractivity (Wildman–Crippen MR) is 90.4 cm³/mol. The van der Waals surface area contributed by atoms with Crippen LogP contribution in [0.25, 0.3) is 0 Å². The molecule has 0 spiro atoms. The van der Waals surface area contributed by atoms with Crippen LogP contribution in [0.4, 0.5) is 13.2 Å². The van der Waals surface area contributed by atoms with Gasteiger partial charge in [0.1, 0.15) is 0 Å². The van der Waals surface area contributed by atoms with Crippen molar-refractivity contribution in [3.05, 3.63) is 89.2 Å². The number of halogens is 3. The van der Waals surface area contributed by atoms with Gasteiger partial charge in [-0.15, -0.1) is 0 Å². The molecule has 26 heavy (non-hydrogen) atoms. The lowest BCUT2D eigenvalue weighted by Gasteiger charge is -2.13. The highest BCUT2D eigenvalue weighted by atomic mass is 19.4. The molecule has 7 heteroatoms. The summed E-state index contributed by atoms with van der Waals surface area (Å²) in [4.78, 5) is 12.1. The number of amides is 1. The Kier molecular flexibility index (Phi) is 5.06. The second-order valence-electron chi connectivity index (χ2n) is 5.75. The standard InChI is InChI=1S/C19H16F3N3O/c20-19(21,22)17-5-2-1-4-16(17)18(26)23-12-14-6-8-15(9-7-14)13-25-11-3-10-24-25/h1-11H,12-13H2,(H,23,26). The number of alkyl halides is 3. The summed E-state index contributed by atoms with van der Waals surface area (Å²) in [5.74, 6) is -0.751. The Morgan fingerprint density at radius 3 is 2.35 bits per heavy atom. The van der Waals surface area contributed by atoms with Gasteiger partial charge in [-0.05, 0) is 29.3 Å². The van der Waals surface area contributed by atoms with Crippen LogP contribution in [0.3, 0.4) is 0 Å². The van der Waals surface area contributed by atoms with Crippen LogP contribution in [-0.2, 0) is 19.3 Å². The maximum Gasteiger partial charge on any atom is 0.417 e. The number of nitrogens with one attached hydrogen (secondary N) is 1. The number of hydrogen-bond donors (Lipinski definition) is 1. The van der Waals surface area contributed by atoms with Crippen LogP contribution in [0.5, 0.6) is 0 Å². The fraction of sp³-hybridized carbons (Fsp3) is 0.158. The summed E-state index contributed by atoms with van der Waals surface area (Å²) >= 11 is 0. The van der Waals surface area contributed by atoms with Gasteiger partial charge in [0.2, 0.25) is 0 Å². The van der Waals surface area contributed by atoms with E-state index in [0.717, 1.165) is 17.2 Å². The third-order valence-electron chi connectivity index (χ3n) is 3.86. The zero-order valence-corrected chi connectivity index (χ0v) is 13.7. The maximum absolute atomic E-state index is 13.0. The molecule has 2 aromatic carbocycles. The monoisotopic (exact) mass is 359 g/mol. The van der Waals surface area contributed by atoms with Crippen molar-refractivity contribution in [2.45, 2.75) is 19.3 Å². The second kappa shape index (κ2) is 7.43. The van der Waals surface area contributed by atoms with Gasteiger partial charge < -0.3 is 5.32 Å². The SMILES string of the molecule is O=C(NCc1ccc(Cn2cccn2)cc1)c1ccccc1C(F)(F)F. The molecular weight excluding hydrogens is 343 g/mol. The fourth-order valence-electron chi connectivity index (χ4n) is 2.55. The summed E-state index contributed by atoms with van der Waals surface area (Å²) in [6.45, 7) is 0.770. The molecule has 0 aliphatic heterocycles. The van der Waals surface area contributed by atoms with E-state index in [4.69, 9.17) is 0 Å². The van der Waals surface area contributed by atoms with E-state index in [2.05, 4.69) is 10.4 Å². The van der Waals surface area contributed by atoms with Crippen molar-refractivity contribution in [1.29, 1.82) is 0 Å². The minimum Gasteiger partial charge on any atom is -0.348 e.